The summed E-state index contributed by atoms with van der Waals surface area (Å²) in [4.78, 5) is 11.3. The third-order valence-corrected chi connectivity index (χ3v) is 5.45. The number of hydrogen-bond donors (Lipinski definition) is 0. The molecule has 128 valence electrons. The number of thiophene rings is 1. The summed E-state index contributed by atoms with van der Waals surface area (Å²) in [6.45, 7) is 2.34. The Morgan fingerprint density at radius 2 is 2.12 bits per heavy atom. The Kier molecular flexibility index (Phi) is 4.94. The molecule has 0 radical (unpaired) electrons. The van der Waals surface area contributed by atoms with Crippen LogP contribution < -0.4 is 9.64 Å². The number of morpholine rings is 1. The van der Waals surface area contributed by atoms with Gasteiger partial charge in [0.2, 0.25) is 5.88 Å². The molecule has 0 bridgehead atoms. The van der Waals surface area contributed by atoms with E-state index in [2.05, 4.69) is 26.7 Å². The Hall–Kier alpha value is -1.66. The lowest BCUT2D eigenvalue weighted by Gasteiger charge is -2.33. The number of rotatable bonds is 4. The molecule has 0 aromatic carbocycles. The number of anilines is 1. The first-order chi connectivity index (χ1) is 11.9. The van der Waals surface area contributed by atoms with Crippen LogP contribution >= 0.6 is 11.3 Å². The maximum Gasteiger partial charge on any atom is 0.234 e. The number of hydrogen-bond acceptors (Lipinski definition) is 6. The molecule has 6 heteroatoms. The van der Waals surface area contributed by atoms with Gasteiger partial charge in [0.1, 0.15) is 12.2 Å². The molecule has 2 aliphatic rings. The van der Waals surface area contributed by atoms with Gasteiger partial charge in [-0.1, -0.05) is 6.42 Å². The predicted molar refractivity (Wildman–Crippen MR) is 94.8 cm³/mol. The molecular weight excluding hydrogens is 322 g/mol. The third-order valence-electron chi connectivity index (χ3n) is 4.74. The molecule has 1 atom stereocenters. The van der Waals surface area contributed by atoms with Crippen molar-refractivity contribution in [1.82, 2.24) is 9.97 Å². The molecule has 0 N–H and O–H groups in total. The van der Waals surface area contributed by atoms with Gasteiger partial charge in [0, 0.05) is 13.1 Å². The summed E-state index contributed by atoms with van der Waals surface area (Å²) in [6, 6.07) is 2.13. The molecule has 3 heterocycles. The van der Waals surface area contributed by atoms with E-state index in [1.54, 1.807) is 17.5 Å². The second kappa shape index (κ2) is 7.49. The Labute approximate surface area is 146 Å². The van der Waals surface area contributed by atoms with Gasteiger partial charge in [-0.3, -0.25) is 4.98 Å². The van der Waals surface area contributed by atoms with E-state index in [9.17, 15) is 0 Å². The second-order valence-corrected chi connectivity index (χ2v) is 7.24. The van der Waals surface area contributed by atoms with E-state index in [4.69, 9.17) is 14.5 Å². The fourth-order valence-corrected chi connectivity index (χ4v) is 4.12. The molecule has 1 unspecified atom stereocenters. The zero-order valence-electron chi connectivity index (χ0n) is 13.8. The quantitative estimate of drug-likeness (QED) is 0.843. The molecule has 0 spiro atoms. The van der Waals surface area contributed by atoms with Crippen molar-refractivity contribution in [3.8, 4) is 5.88 Å². The Balaban J connectivity index is 1.44. The van der Waals surface area contributed by atoms with Crippen molar-refractivity contribution in [3.63, 3.8) is 0 Å². The van der Waals surface area contributed by atoms with Crippen molar-refractivity contribution in [3.05, 3.63) is 34.8 Å². The highest BCUT2D eigenvalue weighted by Gasteiger charge is 2.24. The third kappa shape index (κ3) is 3.70. The molecule has 24 heavy (non-hydrogen) atoms. The normalized spacial score (nSPS) is 22.5. The zero-order valence-corrected chi connectivity index (χ0v) is 14.6. The van der Waals surface area contributed by atoms with E-state index in [0.717, 1.165) is 31.7 Å². The highest BCUT2D eigenvalue weighted by Crippen LogP contribution is 2.28. The molecule has 1 aliphatic heterocycles. The fourth-order valence-electron chi connectivity index (χ4n) is 3.42. The molecule has 4 rings (SSSR count). The minimum absolute atomic E-state index is 0.106. The molecular formula is C18H23N3O2S. The summed E-state index contributed by atoms with van der Waals surface area (Å²) in [5.41, 5.74) is 1.24. The van der Waals surface area contributed by atoms with E-state index in [0.29, 0.717) is 18.6 Å². The summed E-state index contributed by atoms with van der Waals surface area (Å²) in [5, 5.41) is 4.25. The van der Waals surface area contributed by atoms with E-state index >= 15 is 0 Å². The van der Waals surface area contributed by atoms with Crippen molar-refractivity contribution in [2.24, 2.45) is 0 Å². The van der Waals surface area contributed by atoms with Crippen LogP contribution in [0.3, 0.4) is 0 Å². The van der Waals surface area contributed by atoms with Gasteiger partial charge in [0.15, 0.2) is 5.82 Å². The number of aromatic nitrogens is 2. The van der Waals surface area contributed by atoms with Crippen LogP contribution in [0.15, 0.2) is 29.2 Å². The Bertz CT molecular complexity index is 643. The van der Waals surface area contributed by atoms with Crippen LogP contribution in [0.4, 0.5) is 5.82 Å². The molecule has 1 saturated carbocycles. The molecule has 2 aromatic heterocycles. The van der Waals surface area contributed by atoms with Crippen molar-refractivity contribution >= 4 is 17.2 Å². The summed E-state index contributed by atoms with van der Waals surface area (Å²) in [7, 11) is 0. The van der Waals surface area contributed by atoms with E-state index in [1.165, 1.54) is 24.8 Å². The predicted octanol–water partition coefficient (Wildman–Crippen LogP) is 3.83. The van der Waals surface area contributed by atoms with Crippen molar-refractivity contribution in [1.29, 1.82) is 0 Å². The van der Waals surface area contributed by atoms with Gasteiger partial charge < -0.3 is 14.4 Å². The maximum atomic E-state index is 6.06. The Morgan fingerprint density at radius 3 is 2.96 bits per heavy atom. The van der Waals surface area contributed by atoms with E-state index in [-0.39, 0.29) is 6.10 Å². The van der Waals surface area contributed by atoms with Crippen molar-refractivity contribution < 1.29 is 9.47 Å². The standard InChI is InChI=1S/C18H23N3O2S/c1-2-4-15(5-3-1)23-18-11-19-10-17(20-18)21-7-8-22-16(12-21)14-6-9-24-13-14/h6,9-11,13,15-16H,1-5,7-8,12H2. The molecule has 1 saturated heterocycles. The van der Waals surface area contributed by atoms with Crippen molar-refractivity contribution in [2.45, 2.75) is 44.3 Å². The minimum atomic E-state index is 0.106. The average Bonchev–Trinajstić information content (AvgIpc) is 3.18. The molecule has 2 aromatic rings. The van der Waals surface area contributed by atoms with Gasteiger partial charge in [-0.25, -0.2) is 0 Å². The monoisotopic (exact) mass is 345 g/mol. The van der Waals surface area contributed by atoms with Crippen LogP contribution in [0.2, 0.25) is 0 Å². The molecule has 2 fully saturated rings. The van der Waals surface area contributed by atoms with Gasteiger partial charge in [-0.05, 0) is 48.1 Å². The lowest BCUT2D eigenvalue weighted by Crippen LogP contribution is -2.38. The summed E-state index contributed by atoms with van der Waals surface area (Å²) >= 11 is 1.71. The first-order valence-corrected chi connectivity index (χ1v) is 9.70. The SMILES string of the molecule is c1cc(C2CN(c3cncc(OC4CCCCC4)n3)CCO2)cs1. The smallest absolute Gasteiger partial charge is 0.234 e. The average molecular weight is 345 g/mol. The van der Waals surface area contributed by atoms with E-state index in [1.807, 2.05) is 6.20 Å². The topological polar surface area (TPSA) is 47.5 Å². The van der Waals surface area contributed by atoms with Crippen LogP contribution in [0.25, 0.3) is 0 Å². The van der Waals surface area contributed by atoms with Crippen molar-refractivity contribution in [2.75, 3.05) is 24.6 Å². The van der Waals surface area contributed by atoms with Crippen LogP contribution in [0.1, 0.15) is 43.8 Å². The molecule has 1 aliphatic carbocycles. The van der Waals surface area contributed by atoms with Gasteiger partial charge in [-0.2, -0.15) is 16.3 Å². The highest BCUT2D eigenvalue weighted by atomic mass is 32.1. The Morgan fingerprint density at radius 1 is 1.21 bits per heavy atom. The number of nitrogens with zero attached hydrogens (tertiary/aromatic N) is 3. The first-order valence-electron chi connectivity index (χ1n) is 8.76. The van der Waals surface area contributed by atoms with Gasteiger partial charge in [0.05, 0.1) is 19.0 Å². The minimum Gasteiger partial charge on any atom is -0.473 e. The number of ether oxygens (including phenoxy) is 2. The lowest BCUT2D eigenvalue weighted by molar-refractivity contribution is 0.0397. The lowest BCUT2D eigenvalue weighted by atomic mass is 9.98. The van der Waals surface area contributed by atoms with E-state index < -0.39 is 0 Å². The molecule has 5 nitrogen and oxygen atoms in total. The largest absolute Gasteiger partial charge is 0.473 e. The second-order valence-electron chi connectivity index (χ2n) is 6.46. The first kappa shape index (κ1) is 15.8. The highest BCUT2D eigenvalue weighted by molar-refractivity contribution is 7.07. The summed E-state index contributed by atoms with van der Waals surface area (Å²) < 4.78 is 12.0. The van der Waals surface area contributed by atoms with Gasteiger partial charge >= 0.3 is 0 Å². The van der Waals surface area contributed by atoms with Gasteiger partial charge in [-0.15, -0.1) is 0 Å². The van der Waals surface area contributed by atoms with Gasteiger partial charge in [0.25, 0.3) is 0 Å². The zero-order chi connectivity index (χ0) is 16.2. The summed E-state index contributed by atoms with van der Waals surface area (Å²) in [6.07, 6.45) is 10.0. The maximum absolute atomic E-state index is 6.06. The summed E-state index contributed by atoms with van der Waals surface area (Å²) in [5.74, 6) is 1.53. The van der Waals surface area contributed by atoms with Crippen LogP contribution in [0, 0.1) is 0 Å². The van der Waals surface area contributed by atoms with Crippen LogP contribution in [0.5, 0.6) is 5.88 Å². The molecule has 0 amide bonds. The van der Waals surface area contributed by atoms with Crippen LogP contribution in [-0.2, 0) is 4.74 Å². The van der Waals surface area contributed by atoms with Crippen LogP contribution in [-0.4, -0.2) is 35.8 Å². The fraction of sp³-hybridized carbons (Fsp3) is 0.556.